The molecule has 2 unspecified atom stereocenters. The molecule has 0 aromatic heterocycles. The van der Waals surface area contributed by atoms with Gasteiger partial charge in [0.2, 0.25) is 5.91 Å². The zero-order valence-corrected chi connectivity index (χ0v) is 23.8. The van der Waals surface area contributed by atoms with E-state index >= 15 is 0 Å². The molecule has 2 aromatic rings. The van der Waals surface area contributed by atoms with Crippen LogP contribution in [0.5, 0.6) is 5.75 Å². The molecule has 2 aromatic carbocycles. The summed E-state index contributed by atoms with van der Waals surface area (Å²) in [6.07, 6.45) is 1.06. The van der Waals surface area contributed by atoms with Crippen molar-refractivity contribution in [2.75, 3.05) is 33.1 Å². The molecule has 0 aliphatic heterocycles. The van der Waals surface area contributed by atoms with Crippen LogP contribution < -0.4 is 10.6 Å². The fourth-order valence-corrected chi connectivity index (χ4v) is 7.19. The van der Waals surface area contributed by atoms with Gasteiger partial charge in [-0.3, -0.25) is 28.9 Å². The predicted octanol–water partition coefficient (Wildman–Crippen LogP) is 1.16. The molecule has 2 saturated carbocycles. The standard InChI is InChI=1S/C31H35N3O7/c1-6-14-7-9-15(10-8-14)17-13-20(33(2)3)18-11-16-12-19-24(34(4)5)27(37)23(30(32)40)29(39)31(19,41)28(38)21(16)26(36)22(18)25(17)35/h7-10,13,16,19,21,23-24,35,41H,6,11-12H2,1-5H3,(H2,32,40)/t16-,19-,21?,23?,24-,31-/m1/s1. The highest BCUT2D eigenvalue weighted by Gasteiger charge is 2.69. The van der Waals surface area contributed by atoms with Crippen LogP contribution in [-0.2, 0) is 32.0 Å². The minimum Gasteiger partial charge on any atom is -0.507 e. The summed E-state index contributed by atoms with van der Waals surface area (Å²) in [6, 6.07) is 8.28. The van der Waals surface area contributed by atoms with Crippen LogP contribution in [-0.4, -0.2) is 84.0 Å². The van der Waals surface area contributed by atoms with Crippen LogP contribution in [0.3, 0.4) is 0 Å². The van der Waals surface area contributed by atoms with Crippen molar-refractivity contribution in [2.45, 2.75) is 37.8 Å². The van der Waals surface area contributed by atoms with Gasteiger partial charge in [-0.05, 0) is 62.0 Å². The van der Waals surface area contributed by atoms with Crippen molar-refractivity contribution in [3.05, 3.63) is 47.0 Å². The number of likely N-dealkylation sites (N-methyl/N-ethyl adjacent to an activating group) is 1. The van der Waals surface area contributed by atoms with E-state index in [1.165, 1.54) is 4.90 Å². The van der Waals surface area contributed by atoms with Crippen molar-refractivity contribution >= 4 is 34.7 Å². The Morgan fingerprint density at radius 2 is 1.68 bits per heavy atom. The fraction of sp³-hybridized carbons (Fsp3) is 0.452. The molecule has 2 fully saturated rings. The van der Waals surface area contributed by atoms with Gasteiger partial charge in [0.1, 0.15) is 5.75 Å². The zero-order valence-electron chi connectivity index (χ0n) is 23.8. The number of nitrogens with zero attached hydrogens (tertiary/aromatic N) is 2. The lowest BCUT2D eigenvalue weighted by atomic mass is 9.52. The Labute approximate surface area is 238 Å². The van der Waals surface area contributed by atoms with Crippen LogP contribution in [0.1, 0.15) is 34.8 Å². The van der Waals surface area contributed by atoms with E-state index < -0.39 is 64.4 Å². The first-order valence-electron chi connectivity index (χ1n) is 13.8. The third-order valence-corrected chi connectivity index (χ3v) is 9.19. The van der Waals surface area contributed by atoms with Gasteiger partial charge in [0.25, 0.3) is 0 Å². The van der Waals surface area contributed by atoms with Crippen molar-refractivity contribution in [3.63, 3.8) is 0 Å². The molecular formula is C31H35N3O7. The first kappa shape index (κ1) is 28.6. The summed E-state index contributed by atoms with van der Waals surface area (Å²) in [5.74, 6) is -10.5. The highest BCUT2D eigenvalue weighted by Crippen LogP contribution is 2.53. The number of aliphatic hydroxyl groups is 1. The van der Waals surface area contributed by atoms with Gasteiger partial charge in [0, 0.05) is 31.3 Å². The monoisotopic (exact) mass is 561 g/mol. The minimum absolute atomic E-state index is 0.0117. The molecule has 6 atom stereocenters. The molecule has 1 amide bonds. The van der Waals surface area contributed by atoms with E-state index in [0.717, 1.165) is 12.0 Å². The second-order valence-electron chi connectivity index (χ2n) is 11.9. The van der Waals surface area contributed by atoms with E-state index in [0.29, 0.717) is 22.4 Å². The molecule has 4 N–H and O–H groups in total. The second kappa shape index (κ2) is 9.88. The Kier molecular flexibility index (Phi) is 6.90. The molecule has 3 aliphatic carbocycles. The topological polar surface area (TPSA) is 158 Å². The number of ketones is 4. The lowest BCUT2D eigenvalue weighted by Crippen LogP contribution is -2.74. The summed E-state index contributed by atoms with van der Waals surface area (Å²) >= 11 is 0. The van der Waals surface area contributed by atoms with Gasteiger partial charge >= 0.3 is 0 Å². The van der Waals surface area contributed by atoms with E-state index in [9.17, 15) is 34.2 Å². The number of primary amides is 1. The lowest BCUT2D eigenvalue weighted by Gasteiger charge is -2.52. The van der Waals surface area contributed by atoms with Crippen molar-refractivity contribution < 1.29 is 34.2 Å². The molecule has 10 heteroatoms. The van der Waals surface area contributed by atoms with E-state index in [-0.39, 0.29) is 24.2 Å². The van der Waals surface area contributed by atoms with E-state index in [2.05, 4.69) is 0 Å². The number of phenolic OH excluding ortho intramolecular Hbond substituents is 1. The second-order valence-corrected chi connectivity index (χ2v) is 11.9. The lowest BCUT2D eigenvalue weighted by molar-refractivity contribution is -0.181. The third kappa shape index (κ3) is 4.03. The number of phenols is 1. The summed E-state index contributed by atoms with van der Waals surface area (Å²) in [4.78, 5) is 70.4. The van der Waals surface area contributed by atoms with E-state index in [1.54, 1.807) is 14.1 Å². The summed E-state index contributed by atoms with van der Waals surface area (Å²) in [7, 11) is 6.77. The van der Waals surface area contributed by atoms with Crippen LogP contribution in [0.4, 0.5) is 5.69 Å². The molecule has 0 saturated heterocycles. The number of hydrogen-bond donors (Lipinski definition) is 3. The number of anilines is 1. The van der Waals surface area contributed by atoms with Gasteiger partial charge in [-0.25, -0.2) is 0 Å². The van der Waals surface area contributed by atoms with Gasteiger partial charge in [-0.1, -0.05) is 31.2 Å². The molecule has 0 spiro atoms. The van der Waals surface area contributed by atoms with E-state index in [4.69, 9.17) is 5.73 Å². The Balaban J connectivity index is 1.67. The largest absolute Gasteiger partial charge is 0.507 e. The number of aryl methyl sites for hydroxylation is 1. The first-order valence-corrected chi connectivity index (χ1v) is 13.8. The summed E-state index contributed by atoms with van der Waals surface area (Å²) in [5.41, 5.74) is 6.10. The van der Waals surface area contributed by atoms with E-state index in [1.807, 2.05) is 56.3 Å². The number of carbonyl (C=O) groups is 5. The third-order valence-electron chi connectivity index (χ3n) is 9.19. The highest BCUT2D eigenvalue weighted by molar-refractivity contribution is 6.32. The molecule has 10 nitrogen and oxygen atoms in total. The fourth-order valence-electron chi connectivity index (χ4n) is 7.19. The summed E-state index contributed by atoms with van der Waals surface area (Å²) < 4.78 is 0. The molecule has 216 valence electrons. The van der Waals surface area contributed by atoms with Crippen LogP contribution in [0.25, 0.3) is 11.1 Å². The highest BCUT2D eigenvalue weighted by atomic mass is 16.3. The summed E-state index contributed by atoms with van der Waals surface area (Å²) in [6.45, 7) is 2.03. The number of fused-ring (bicyclic) bond motifs is 3. The number of Topliss-reactive ketones (excluding diaryl/α,β-unsaturated/α-hetero) is 4. The maximum Gasteiger partial charge on any atom is 0.235 e. The number of rotatable bonds is 5. The SMILES string of the molecule is CCc1ccc(-c2cc(N(C)C)c3c(c2O)C(=O)C2C(=O)[C@@]4(O)C(=O)C(C(N)=O)C(=O)[C@H](N(C)C)[C@H]4C[C@H]2C3)cc1. The molecule has 41 heavy (non-hydrogen) atoms. The first-order chi connectivity index (χ1) is 19.2. The normalized spacial score (nSPS) is 29.2. The molecule has 5 rings (SSSR count). The Morgan fingerprint density at radius 3 is 2.22 bits per heavy atom. The number of nitrogens with two attached hydrogens (primary N) is 1. The quantitative estimate of drug-likeness (QED) is 0.456. The predicted molar refractivity (Wildman–Crippen MR) is 150 cm³/mol. The molecule has 0 bridgehead atoms. The molecular weight excluding hydrogens is 526 g/mol. The van der Waals surface area contributed by atoms with Crippen molar-refractivity contribution in [2.24, 2.45) is 29.4 Å². The minimum atomic E-state index is -2.75. The number of amides is 1. The van der Waals surface area contributed by atoms with Crippen LogP contribution in [0.15, 0.2) is 30.3 Å². The van der Waals surface area contributed by atoms with Crippen molar-refractivity contribution in [1.82, 2.24) is 4.90 Å². The van der Waals surface area contributed by atoms with Gasteiger partial charge in [0.05, 0.1) is 17.5 Å². The average molecular weight is 562 g/mol. The maximum atomic E-state index is 14.2. The number of benzene rings is 2. The van der Waals surface area contributed by atoms with Crippen molar-refractivity contribution in [3.8, 4) is 16.9 Å². The van der Waals surface area contributed by atoms with Crippen molar-refractivity contribution in [1.29, 1.82) is 0 Å². The maximum absolute atomic E-state index is 14.2. The van der Waals surface area contributed by atoms with Gasteiger partial charge in [-0.2, -0.15) is 0 Å². The smallest absolute Gasteiger partial charge is 0.235 e. The van der Waals surface area contributed by atoms with Gasteiger partial charge < -0.3 is 20.8 Å². The Hall–Kier alpha value is -3.89. The Bertz CT molecular complexity index is 1500. The number of carbonyl (C=O) groups excluding carboxylic acids is 5. The van der Waals surface area contributed by atoms with Crippen LogP contribution >= 0.6 is 0 Å². The molecule has 0 heterocycles. The summed E-state index contributed by atoms with van der Waals surface area (Å²) in [5, 5.41) is 23.3. The zero-order chi connectivity index (χ0) is 30.1. The average Bonchev–Trinajstić information content (AvgIpc) is 2.90. The number of hydrogen-bond acceptors (Lipinski definition) is 9. The Morgan fingerprint density at radius 1 is 1.05 bits per heavy atom. The molecule has 0 radical (unpaired) electrons. The van der Waals surface area contributed by atoms with Gasteiger partial charge in [-0.15, -0.1) is 0 Å². The van der Waals surface area contributed by atoms with Crippen LogP contribution in [0, 0.1) is 23.7 Å². The number of aromatic hydroxyl groups is 1. The van der Waals surface area contributed by atoms with Crippen LogP contribution in [0.2, 0.25) is 0 Å². The van der Waals surface area contributed by atoms with Gasteiger partial charge in [0.15, 0.2) is 34.7 Å². The molecule has 3 aliphatic rings.